The Labute approximate surface area is 133 Å². The van der Waals surface area contributed by atoms with E-state index >= 15 is 0 Å². The van der Waals surface area contributed by atoms with Crippen molar-refractivity contribution in [3.8, 4) is 22.6 Å². The number of benzene rings is 2. The SMILES string of the molecule is CSc1cc(-c2cccc(Cl)c2)nc(-c2ccccc2)n1. The van der Waals surface area contributed by atoms with Crippen LogP contribution in [0.4, 0.5) is 0 Å². The van der Waals surface area contributed by atoms with Crippen LogP contribution in [0.5, 0.6) is 0 Å². The molecule has 2 aromatic carbocycles. The molecule has 0 radical (unpaired) electrons. The molecule has 1 heterocycles. The first-order chi connectivity index (χ1) is 10.3. The standard InChI is InChI=1S/C17H13ClN2S/c1-21-16-11-15(13-8-5-9-14(18)10-13)19-17(20-16)12-6-3-2-4-7-12/h2-11H,1H3. The van der Waals surface area contributed by atoms with Crippen LogP contribution in [0.2, 0.25) is 5.02 Å². The van der Waals surface area contributed by atoms with E-state index in [9.17, 15) is 0 Å². The molecule has 0 aliphatic heterocycles. The fourth-order valence-electron chi connectivity index (χ4n) is 2.04. The van der Waals surface area contributed by atoms with Crippen molar-refractivity contribution >= 4 is 23.4 Å². The molecule has 0 unspecified atom stereocenters. The summed E-state index contributed by atoms with van der Waals surface area (Å²) in [7, 11) is 0. The Morgan fingerprint density at radius 2 is 1.62 bits per heavy atom. The normalized spacial score (nSPS) is 10.6. The Hall–Kier alpha value is -1.84. The summed E-state index contributed by atoms with van der Waals surface area (Å²) in [5.41, 5.74) is 2.89. The number of aromatic nitrogens is 2. The van der Waals surface area contributed by atoms with Crippen molar-refractivity contribution in [2.45, 2.75) is 5.03 Å². The second kappa shape index (κ2) is 6.29. The van der Waals surface area contributed by atoms with E-state index in [0.29, 0.717) is 5.02 Å². The molecule has 2 nitrogen and oxygen atoms in total. The van der Waals surface area contributed by atoms with E-state index in [4.69, 9.17) is 11.6 Å². The first-order valence-electron chi connectivity index (χ1n) is 6.51. The van der Waals surface area contributed by atoms with Gasteiger partial charge in [0.15, 0.2) is 5.82 Å². The van der Waals surface area contributed by atoms with Crippen LogP contribution in [0.15, 0.2) is 65.7 Å². The summed E-state index contributed by atoms with van der Waals surface area (Å²) in [6, 6.07) is 19.7. The molecule has 0 aliphatic carbocycles. The molecular weight excluding hydrogens is 300 g/mol. The molecule has 3 aromatic rings. The zero-order valence-corrected chi connectivity index (χ0v) is 13.0. The number of hydrogen-bond donors (Lipinski definition) is 0. The molecule has 104 valence electrons. The highest BCUT2D eigenvalue weighted by Crippen LogP contribution is 2.27. The lowest BCUT2D eigenvalue weighted by Gasteiger charge is -2.07. The molecule has 21 heavy (non-hydrogen) atoms. The summed E-state index contributed by atoms with van der Waals surface area (Å²) in [5.74, 6) is 0.734. The molecule has 0 saturated carbocycles. The Morgan fingerprint density at radius 3 is 2.33 bits per heavy atom. The average Bonchev–Trinajstić information content (AvgIpc) is 2.55. The van der Waals surface area contributed by atoms with Crippen LogP contribution < -0.4 is 0 Å². The predicted octanol–water partition coefficient (Wildman–Crippen LogP) is 5.19. The van der Waals surface area contributed by atoms with Gasteiger partial charge >= 0.3 is 0 Å². The Morgan fingerprint density at radius 1 is 0.857 bits per heavy atom. The maximum Gasteiger partial charge on any atom is 0.161 e. The van der Waals surface area contributed by atoms with Crippen molar-refractivity contribution < 1.29 is 0 Å². The summed E-state index contributed by atoms with van der Waals surface area (Å²) < 4.78 is 0. The van der Waals surface area contributed by atoms with Gasteiger partial charge in [-0.25, -0.2) is 9.97 Å². The monoisotopic (exact) mass is 312 g/mol. The van der Waals surface area contributed by atoms with Crippen molar-refractivity contribution in [1.29, 1.82) is 0 Å². The number of hydrogen-bond acceptors (Lipinski definition) is 3. The van der Waals surface area contributed by atoms with Gasteiger partial charge in [-0.1, -0.05) is 54.1 Å². The topological polar surface area (TPSA) is 25.8 Å². The van der Waals surface area contributed by atoms with Gasteiger partial charge in [0, 0.05) is 16.1 Å². The lowest BCUT2D eigenvalue weighted by atomic mass is 10.1. The lowest BCUT2D eigenvalue weighted by Crippen LogP contribution is -1.94. The molecule has 0 fully saturated rings. The third-order valence-corrected chi connectivity index (χ3v) is 3.93. The second-order valence-corrected chi connectivity index (χ2v) is 5.76. The van der Waals surface area contributed by atoms with E-state index in [2.05, 4.69) is 9.97 Å². The van der Waals surface area contributed by atoms with E-state index in [1.807, 2.05) is 66.9 Å². The highest BCUT2D eigenvalue weighted by atomic mass is 35.5. The van der Waals surface area contributed by atoms with Crippen LogP contribution in [0.25, 0.3) is 22.6 Å². The van der Waals surface area contributed by atoms with Gasteiger partial charge in [-0.15, -0.1) is 11.8 Å². The lowest BCUT2D eigenvalue weighted by molar-refractivity contribution is 1.07. The molecule has 0 N–H and O–H groups in total. The summed E-state index contributed by atoms with van der Waals surface area (Å²) in [4.78, 5) is 9.27. The van der Waals surface area contributed by atoms with Crippen molar-refractivity contribution in [2.24, 2.45) is 0 Å². The van der Waals surface area contributed by atoms with Crippen LogP contribution in [0.3, 0.4) is 0 Å². The Balaban J connectivity index is 2.14. The number of halogens is 1. The predicted molar refractivity (Wildman–Crippen MR) is 89.7 cm³/mol. The molecule has 0 amide bonds. The van der Waals surface area contributed by atoms with Crippen LogP contribution in [0, 0.1) is 0 Å². The van der Waals surface area contributed by atoms with Crippen molar-refractivity contribution in [2.75, 3.05) is 6.26 Å². The van der Waals surface area contributed by atoms with Crippen LogP contribution in [0.1, 0.15) is 0 Å². The van der Waals surface area contributed by atoms with Gasteiger partial charge in [-0.3, -0.25) is 0 Å². The first-order valence-corrected chi connectivity index (χ1v) is 8.11. The highest BCUT2D eigenvalue weighted by molar-refractivity contribution is 7.98. The molecular formula is C17H13ClN2S. The fraction of sp³-hybridized carbons (Fsp3) is 0.0588. The maximum atomic E-state index is 6.08. The van der Waals surface area contributed by atoms with Gasteiger partial charge in [-0.2, -0.15) is 0 Å². The van der Waals surface area contributed by atoms with Crippen LogP contribution in [-0.2, 0) is 0 Å². The number of nitrogens with zero attached hydrogens (tertiary/aromatic N) is 2. The zero-order chi connectivity index (χ0) is 14.7. The van der Waals surface area contributed by atoms with E-state index in [1.54, 1.807) is 11.8 Å². The van der Waals surface area contributed by atoms with Crippen molar-refractivity contribution in [1.82, 2.24) is 9.97 Å². The van der Waals surface area contributed by atoms with Gasteiger partial charge in [0.25, 0.3) is 0 Å². The maximum absolute atomic E-state index is 6.08. The molecule has 4 heteroatoms. The summed E-state index contributed by atoms with van der Waals surface area (Å²) >= 11 is 7.68. The number of rotatable bonds is 3. The smallest absolute Gasteiger partial charge is 0.161 e. The number of thioether (sulfide) groups is 1. The fourth-order valence-corrected chi connectivity index (χ4v) is 2.64. The second-order valence-electron chi connectivity index (χ2n) is 4.50. The minimum absolute atomic E-state index is 0.707. The van der Waals surface area contributed by atoms with E-state index in [-0.39, 0.29) is 0 Å². The van der Waals surface area contributed by atoms with Gasteiger partial charge in [0.2, 0.25) is 0 Å². The molecule has 3 rings (SSSR count). The molecule has 0 saturated heterocycles. The van der Waals surface area contributed by atoms with E-state index in [0.717, 1.165) is 27.7 Å². The quantitative estimate of drug-likeness (QED) is 0.492. The highest BCUT2D eigenvalue weighted by Gasteiger charge is 2.08. The van der Waals surface area contributed by atoms with Gasteiger partial charge in [0.05, 0.1) is 5.69 Å². The van der Waals surface area contributed by atoms with Gasteiger partial charge in [-0.05, 0) is 24.5 Å². The van der Waals surface area contributed by atoms with Crippen LogP contribution in [-0.4, -0.2) is 16.2 Å². The van der Waals surface area contributed by atoms with Gasteiger partial charge in [0.1, 0.15) is 5.03 Å². The molecule has 1 aromatic heterocycles. The third kappa shape index (κ3) is 3.26. The average molecular weight is 313 g/mol. The summed E-state index contributed by atoms with van der Waals surface area (Å²) in [6.45, 7) is 0. The van der Waals surface area contributed by atoms with E-state index in [1.165, 1.54) is 0 Å². The van der Waals surface area contributed by atoms with Crippen LogP contribution >= 0.6 is 23.4 Å². The molecule has 0 spiro atoms. The Bertz CT molecular complexity index is 760. The molecule has 0 atom stereocenters. The Kier molecular flexibility index (Phi) is 4.23. The van der Waals surface area contributed by atoms with E-state index < -0.39 is 0 Å². The van der Waals surface area contributed by atoms with Gasteiger partial charge < -0.3 is 0 Å². The zero-order valence-electron chi connectivity index (χ0n) is 11.5. The summed E-state index contributed by atoms with van der Waals surface area (Å²) in [6.07, 6.45) is 2.01. The summed E-state index contributed by atoms with van der Waals surface area (Å²) in [5, 5.41) is 1.65. The largest absolute Gasteiger partial charge is 0.228 e. The minimum Gasteiger partial charge on any atom is -0.228 e. The third-order valence-electron chi connectivity index (χ3n) is 3.06. The van der Waals surface area contributed by atoms with Crippen molar-refractivity contribution in [3.05, 3.63) is 65.7 Å². The molecule has 0 aliphatic rings. The van der Waals surface area contributed by atoms with Crippen molar-refractivity contribution in [3.63, 3.8) is 0 Å². The molecule has 0 bridgehead atoms. The first kappa shape index (κ1) is 14.1. The minimum atomic E-state index is 0.707.